The second-order valence-corrected chi connectivity index (χ2v) is 14.4. The van der Waals surface area contributed by atoms with Crippen LogP contribution in [0.5, 0.6) is 0 Å². The van der Waals surface area contributed by atoms with Crippen molar-refractivity contribution in [3.63, 3.8) is 0 Å². The topological polar surface area (TPSA) is 35.5 Å². The van der Waals surface area contributed by atoms with Crippen LogP contribution in [0.1, 0.15) is 67.4 Å². The van der Waals surface area contributed by atoms with Gasteiger partial charge in [0, 0.05) is 18.1 Å². The molecule has 0 heterocycles. The first-order valence-corrected chi connectivity index (χ1v) is 13.8. The number of rotatable bonds is 8. The summed E-state index contributed by atoms with van der Waals surface area (Å²) in [7, 11) is -1.68. The standard InChI is InChI=1S/C26H34O3Si/c1-26(2,3)30(4,5)28-18-12-11-15-21-19-24(23-17-10-9-16-22(21)23)29-25(27)20-13-7-6-8-14-20/h6-10,13-14,16-17,19,21H,11-12,15,18H2,1-5H3. The number of carbonyl (C=O) groups excluding carboxylic acids is 1. The summed E-state index contributed by atoms with van der Waals surface area (Å²) in [6.45, 7) is 12.3. The summed E-state index contributed by atoms with van der Waals surface area (Å²) < 4.78 is 12.1. The van der Waals surface area contributed by atoms with Gasteiger partial charge in [-0.15, -0.1) is 0 Å². The lowest BCUT2D eigenvalue weighted by Gasteiger charge is -2.36. The summed E-state index contributed by atoms with van der Waals surface area (Å²) in [6, 6.07) is 17.4. The van der Waals surface area contributed by atoms with Crippen molar-refractivity contribution in [2.45, 2.75) is 64.1 Å². The van der Waals surface area contributed by atoms with Crippen molar-refractivity contribution in [2.24, 2.45) is 0 Å². The van der Waals surface area contributed by atoms with E-state index in [1.54, 1.807) is 12.1 Å². The van der Waals surface area contributed by atoms with Gasteiger partial charge in [0.2, 0.25) is 0 Å². The van der Waals surface area contributed by atoms with E-state index in [-0.39, 0.29) is 16.9 Å². The van der Waals surface area contributed by atoms with Crippen molar-refractivity contribution >= 4 is 20.0 Å². The van der Waals surface area contributed by atoms with Crippen LogP contribution in [0.4, 0.5) is 0 Å². The van der Waals surface area contributed by atoms with Crippen molar-refractivity contribution in [2.75, 3.05) is 6.61 Å². The maximum atomic E-state index is 12.5. The highest BCUT2D eigenvalue weighted by Gasteiger charge is 2.36. The average Bonchev–Trinajstić information content (AvgIpc) is 3.05. The van der Waals surface area contributed by atoms with Gasteiger partial charge in [-0.3, -0.25) is 0 Å². The Kier molecular flexibility index (Phi) is 6.99. The third-order valence-electron chi connectivity index (χ3n) is 6.37. The first-order valence-electron chi connectivity index (χ1n) is 10.9. The van der Waals surface area contributed by atoms with E-state index < -0.39 is 8.32 Å². The van der Waals surface area contributed by atoms with Crippen LogP contribution >= 0.6 is 0 Å². The minimum atomic E-state index is -1.68. The van der Waals surface area contributed by atoms with Gasteiger partial charge in [-0.05, 0) is 54.7 Å². The first kappa shape index (κ1) is 22.5. The van der Waals surface area contributed by atoms with Crippen molar-refractivity contribution in [3.8, 4) is 0 Å². The molecule has 0 radical (unpaired) electrons. The van der Waals surface area contributed by atoms with Crippen LogP contribution in [0.25, 0.3) is 5.76 Å². The summed E-state index contributed by atoms with van der Waals surface area (Å²) >= 11 is 0. The molecule has 160 valence electrons. The molecule has 3 rings (SSSR count). The van der Waals surface area contributed by atoms with Crippen LogP contribution in [0.15, 0.2) is 60.7 Å². The molecule has 0 saturated heterocycles. The fourth-order valence-electron chi connectivity index (χ4n) is 3.48. The van der Waals surface area contributed by atoms with E-state index in [4.69, 9.17) is 9.16 Å². The van der Waals surface area contributed by atoms with Crippen LogP contribution in [0.3, 0.4) is 0 Å². The van der Waals surface area contributed by atoms with Gasteiger partial charge >= 0.3 is 5.97 Å². The summed E-state index contributed by atoms with van der Waals surface area (Å²) in [4.78, 5) is 12.5. The van der Waals surface area contributed by atoms with E-state index in [0.717, 1.165) is 31.4 Å². The minimum Gasteiger partial charge on any atom is -0.423 e. The van der Waals surface area contributed by atoms with Crippen LogP contribution in [-0.2, 0) is 9.16 Å². The Labute approximate surface area is 182 Å². The number of benzene rings is 2. The quantitative estimate of drug-likeness (QED) is 0.257. The lowest BCUT2D eigenvalue weighted by molar-refractivity contribution is 0.0692. The second kappa shape index (κ2) is 9.32. The van der Waals surface area contributed by atoms with E-state index in [9.17, 15) is 4.79 Å². The second-order valence-electron chi connectivity index (χ2n) is 9.58. The fourth-order valence-corrected chi connectivity index (χ4v) is 4.57. The zero-order valence-electron chi connectivity index (χ0n) is 18.9. The van der Waals surface area contributed by atoms with E-state index in [1.165, 1.54) is 5.56 Å². The molecular weight excluding hydrogens is 388 g/mol. The summed E-state index contributed by atoms with van der Waals surface area (Å²) in [6.07, 6.45) is 5.28. The molecule has 1 aliphatic carbocycles. The van der Waals surface area contributed by atoms with E-state index in [2.05, 4.69) is 52.1 Å². The Hall–Kier alpha value is -2.17. The fraction of sp³-hybridized carbons (Fsp3) is 0.423. The molecule has 3 nitrogen and oxygen atoms in total. The van der Waals surface area contributed by atoms with Gasteiger partial charge in [0.15, 0.2) is 8.32 Å². The SMILES string of the molecule is CC(C)(C)[Si](C)(C)OCCCCC1C=C(OC(=O)c2ccccc2)c2ccccc21. The third kappa shape index (κ3) is 5.30. The van der Waals surface area contributed by atoms with Crippen molar-refractivity contribution in [1.29, 1.82) is 0 Å². The molecule has 0 N–H and O–H groups in total. The molecule has 0 aliphatic heterocycles. The summed E-state index contributed by atoms with van der Waals surface area (Å²) in [5.74, 6) is 0.662. The molecule has 30 heavy (non-hydrogen) atoms. The minimum absolute atomic E-state index is 0.248. The Morgan fingerprint density at radius 1 is 0.967 bits per heavy atom. The molecule has 0 saturated carbocycles. The molecule has 1 atom stereocenters. The molecule has 0 aromatic heterocycles. The molecule has 0 amide bonds. The summed E-state index contributed by atoms with van der Waals surface area (Å²) in [5, 5.41) is 0.248. The van der Waals surface area contributed by atoms with Crippen molar-refractivity contribution in [1.82, 2.24) is 0 Å². The molecule has 1 unspecified atom stereocenters. The van der Waals surface area contributed by atoms with Crippen LogP contribution in [-0.4, -0.2) is 20.9 Å². The molecule has 0 fully saturated rings. The van der Waals surface area contributed by atoms with Gasteiger partial charge < -0.3 is 9.16 Å². The Morgan fingerprint density at radius 2 is 1.63 bits per heavy atom. The normalized spacial score (nSPS) is 16.2. The molecule has 2 aromatic rings. The lowest BCUT2D eigenvalue weighted by atomic mass is 9.95. The van der Waals surface area contributed by atoms with E-state index in [0.29, 0.717) is 11.3 Å². The van der Waals surface area contributed by atoms with Crippen LogP contribution in [0.2, 0.25) is 18.1 Å². The lowest BCUT2D eigenvalue weighted by Crippen LogP contribution is -2.40. The Balaban J connectivity index is 1.58. The number of esters is 1. The maximum absolute atomic E-state index is 12.5. The molecule has 1 aliphatic rings. The van der Waals surface area contributed by atoms with Crippen LogP contribution < -0.4 is 0 Å². The predicted octanol–water partition coefficient (Wildman–Crippen LogP) is 7.17. The molecule has 4 heteroatoms. The third-order valence-corrected chi connectivity index (χ3v) is 10.9. The number of fused-ring (bicyclic) bond motifs is 1. The highest BCUT2D eigenvalue weighted by atomic mass is 28.4. The predicted molar refractivity (Wildman–Crippen MR) is 126 cm³/mol. The smallest absolute Gasteiger partial charge is 0.343 e. The van der Waals surface area contributed by atoms with Gasteiger partial charge in [-0.1, -0.05) is 69.7 Å². The molecule has 0 bridgehead atoms. The van der Waals surface area contributed by atoms with E-state index in [1.807, 2.05) is 30.3 Å². The summed E-state index contributed by atoms with van der Waals surface area (Å²) in [5.41, 5.74) is 2.85. The number of unbranched alkanes of at least 4 members (excludes halogenated alkanes) is 1. The number of ether oxygens (including phenoxy) is 1. The van der Waals surface area contributed by atoms with Crippen LogP contribution in [0, 0.1) is 0 Å². The number of hydrogen-bond donors (Lipinski definition) is 0. The largest absolute Gasteiger partial charge is 0.423 e. The van der Waals surface area contributed by atoms with Gasteiger partial charge in [-0.25, -0.2) is 4.79 Å². The Morgan fingerprint density at radius 3 is 2.33 bits per heavy atom. The number of carbonyl (C=O) groups is 1. The molecule has 2 aromatic carbocycles. The zero-order valence-corrected chi connectivity index (χ0v) is 19.9. The first-order chi connectivity index (χ1) is 14.2. The maximum Gasteiger partial charge on any atom is 0.343 e. The van der Waals surface area contributed by atoms with Gasteiger partial charge in [0.05, 0.1) is 5.56 Å². The monoisotopic (exact) mass is 422 g/mol. The van der Waals surface area contributed by atoms with Crippen molar-refractivity contribution < 1.29 is 14.0 Å². The number of allylic oxidation sites excluding steroid dienone is 1. The van der Waals surface area contributed by atoms with Gasteiger partial charge in [0.1, 0.15) is 5.76 Å². The highest BCUT2D eigenvalue weighted by Crippen LogP contribution is 2.40. The zero-order chi connectivity index (χ0) is 21.8. The van der Waals surface area contributed by atoms with E-state index >= 15 is 0 Å². The number of hydrogen-bond acceptors (Lipinski definition) is 3. The average molecular weight is 423 g/mol. The molecular formula is C26H34O3Si. The van der Waals surface area contributed by atoms with Gasteiger partial charge in [-0.2, -0.15) is 0 Å². The molecule has 0 spiro atoms. The highest BCUT2D eigenvalue weighted by molar-refractivity contribution is 6.74. The van der Waals surface area contributed by atoms with Gasteiger partial charge in [0.25, 0.3) is 0 Å². The Bertz CT molecular complexity index is 894. The van der Waals surface area contributed by atoms with Crippen molar-refractivity contribution in [3.05, 3.63) is 77.4 Å².